The van der Waals surface area contributed by atoms with Gasteiger partial charge in [-0.25, -0.2) is 9.97 Å². The molecule has 0 saturated heterocycles. The van der Waals surface area contributed by atoms with E-state index in [0.29, 0.717) is 29.2 Å². The van der Waals surface area contributed by atoms with Gasteiger partial charge in [0.25, 0.3) is 0 Å². The zero-order valence-electron chi connectivity index (χ0n) is 12.6. The van der Waals surface area contributed by atoms with Crippen LogP contribution in [0.25, 0.3) is 11.5 Å². The fraction of sp³-hybridized carbons (Fsp3) is 0.312. The van der Waals surface area contributed by atoms with Gasteiger partial charge in [-0.2, -0.15) is 11.3 Å². The summed E-state index contributed by atoms with van der Waals surface area (Å²) in [6.45, 7) is 1.82. The van der Waals surface area contributed by atoms with Crippen LogP contribution >= 0.6 is 11.3 Å². The number of aryl methyl sites for hydroxylation is 1. The van der Waals surface area contributed by atoms with Crippen LogP contribution in [0.4, 0.5) is 5.95 Å². The number of aromatic amines is 1. The fourth-order valence-corrected chi connectivity index (χ4v) is 3.06. The van der Waals surface area contributed by atoms with Crippen molar-refractivity contribution in [1.29, 1.82) is 0 Å². The number of nitrogens with zero attached hydrogens (tertiary/aromatic N) is 2. The second-order valence-corrected chi connectivity index (χ2v) is 6.50. The number of anilines is 1. The van der Waals surface area contributed by atoms with Gasteiger partial charge in [0.15, 0.2) is 0 Å². The summed E-state index contributed by atoms with van der Waals surface area (Å²) < 4.78 is 5.65. The molecule has 1 aliphatic rings. The monoisotopic (exact) mass is 328 g/mol. The van der Waals surface area contributed by atoms with Crippen LogP contribution in [-0.4, -0.2) is 20.9 Å². The summed E-state index contributed by atoms with van der Waals surface area (Å²) in [5, 5.41) is 6.72. The molecule has 0 spiro atoms. The number of aromatic nitrogens is 3. The Morgan fingerprint density at radius 3 is 3.13 bits per heavy atom. The van der Waals surface area contributed by atoms with Crippen molar-refractivity contribution < 1.29 is 9.21 Å². The van der Waals surface area contributed by atoms with Crippen LogP contribution in [0.1, 0.15) is 35.9 Å². The molecule has 118 valence electrons. The molecule has 0 radical (unpaired) electrons. The van der Waals surface area contributed by atoms with E-state index in [2.05, 4.69) is 20.3 Å². The number of imidazole rings is 1. The lowest BCUT2D eigenvalue weighted by Crippen LogP contribution is -2.16. The van der Waals surface area contributed by atoms with Crippen LogP contribution < -0.4 is 5.32 Å². The van der Waals surface area contributed by atoms with Gasteiger partial charge in [-0.1, -0.05) is 0 Å². The topological polar surface area (TPSA) is 83.8 Å². The number of oxazole rings is 1. The Kier molecular flexibility index (Phi) is 3.49. The van der Waals surface area contributed by atoms with E-state index in [-0.39, 0.29) is 12.3 Å². The summed E-state index contributed by atoms with van der Waals surface area (Å²) in [5.41, 5.74) is 2.68. The van der Waals surface area contributed by atoms with E-state index >= 15 is 0 Å². The molecule has 4 rings (SSSR count). The molecule has 2 N–H and O–H groups in total. The predicted molar refractivity (Wildman–Crippen MR) is 87.4 cm³/mol. The second kappa shape index (κ2) is 5.66. The van der Waals surface area contributed by atoms with Crippen LogP contribution in [0, 0.1) is 6.92 Å². The predicted octanol–water partition coefficient (Wildman–Crippen LogP) is 3.49. The lowest BCUT2D eigenvalue weighted by atomic mass is 10.2. The first kappa shape index (κ1) is 14.2. The summed E-state index contributed by atoms with van der Waals surface area (Å²) >= 11 is 1.58. The van der Waals surface area contributed by atoms with E-state index in [1.54, 1.807) is 17.5 Å². The number of H-pyrrole nitrogens is 1. The largest absolute Gasteiger partial charge is 0.441 e. The van der Waals surface area contributed by atoms with Crippen molar-refractivity contribution in [3.8, 4) is 11.5 Å². The summed E-state index contributed by atoms with van der Waals surface area (Å²) in [6.07, 6.45) is 4.35. The molecule has 0 atom stereocenters. The molecule has 6 nitrogen and oxygen atoms in total. The number of amides is 1. The minimum absolute atomic E-state index is 0.157. The third kappa shape index (κ3) is 3.05. The molecule has 1 saturated carbocycles. The maximum atomic E-state index is 12.2. The van der Waals surface area contributed by atoms with Crippen LogP contribution in [-0.2, 0) is 11.2 Å². The van der Waals surface area contributed by atoms with Crippen molar-refractivity contribution >= 4 is 23.2 Å². The Bertz CT molecular complexity index is 830. The van der Waals surface area contributed by atoms with Gasteiger partial charge in [0.2, 0.25) is 17.7 Å². The molecule has 0 unspecified atom stereocenters. The SMILES string of the molecule is Cc1oc(-c2ccsc2)nc1CC(=O)Nc1ncc(C2CC2)[nH]1. The second-order valence-electron chi connectivity index (χ2n) is 5.72. The normalized spacial score (nSPS) is 14.1. The van der Waals surface area contributed by atoms with E-state index in [1.807, 2.05) is 23.8 Å². The van der Waals surface area contributed by atoms with E-state index < -0.39 is 0 Å². The molecule has 1 amide bonds. The number of hydrogen-bond acceptors (Lipinski definition) is 5. The van der Waals surface area contributed by atoms with Crippen molar-refractivity contribution in [1.82, 2.24) is 15.0 Å². The van der Waals surface area contributed by atoms with Gasteiger partial charge in [0.1, 0.15) is 5.76 Å². The number of nitrogens with one attached hydrogen (secondary N) is 2. The van der Waals surface area contributed by atoms with Crippen molar-refractivity contribution in [2.45, 2.75) is 32.1 Å². The zero-order chi connectivity index (χ0) is 15.8. The maximum absolute atomic E-state index is 12.2. The van der Waals surface area contributed by atoms with Gasteiger partial charge >= 0.3 is 0 Å². The van der Waals surface area contributed by atoms with Gasteiger partial charge in [-0.3, -0.25) is 10.1 Å². The summed E-state index contributed by atoms with van der Waals surface area (Å²) in [5.74, 6) is 2.14. The van der Waals surface area contributed by atoms with Crippen molar-refractivity contribution in [2.24, 2.45) is 0 Å². The molecular formula is C16H16N4O2S. The Hall–Kier alpha value is -2.41. The first-order chi connectivity index (χ1) is 11.2. The fourth-order valence-electron chi connectivity index (χ4n) is 2.43. The number of rotatable bonds is 5. The van der Waals surface area contributed by atoms with Gasteiger partial charge in [0.05, 0.1) is 18.3 Å². The van der Waals surface area contributed by atoms with Gasteiger partial charge in [-0.05, 0) is 31.2 Å². The molecule has 1 aliphatic carbocycles. The molecule has 3 aromatic rings. The number of carbonyl (C=O) groups excluding carboxylic acids is 1. The highest BCUT2D eigenvalue weighted by atomic mass is 32.1. The van der Waals surface area contributed by atoms with Crippen LogP contribution in [0.2, 0.25) is 0 Å². The quantitative estimate of drug-likeness (QED) is 0.751. The Morgan fingerprint density at radius 1 is 1.52 bits per heavy atom. The smallest absolute Gasteiger partial charge is 0.232 e. The molecule has 3 heterocycles. The van der Waals surface area contributed by atoms with Gasteiger partial charge in [0, 0.05) is 22.6 Å². The third-order valence-electron chi connectivity index (χ3n) is 3.86. The Labute approximate surface area is 137 Å². The van der Waals surface area contributed by atoms with E-state index in [4.69, 9.17) is 4.42 Å². The van der Waals surface area contributed by atoms with Gasteiger partial charge < -0.3 is 9.40 Å². The lowest BCUT2D eigenvalue weighted by Gasteiger charge is -2.00. The summed E-state index contributed by atoms with van der Waals surface area (Å²) in [7, 11) is 0. The number of carbonyl (C=O) groups is 1. The van der Waals surface area contributed by atoms with Crippen LogP contribution in [0.3, 0.4) is 0 Å². The molecular weight excluding hydrogens is 312 g/mol. The van der Waals surface area contributed by atoms with Gasteiger partial charge in [-0.15, -0.1) is 0 Å². The molecule has 0 aromatic carbocycles. The minimum Gasteiger partial charge on any atom is -0.441 e. The average molecular weight is 328 g/mol. The molecule has 23 heavy (non-hydrogen) atoms. The van der Waals surface area contributed by atoms with Crippen molar-refractivity contribution in [3.05, 3.63) is 40.2 Å². The standard InChI is InChI=1S/C16H16N4O2S/c1-9-12(18-15(22-9)11-4-5-23-8-11)6-14(21)20-16-17-7-13(19-16)10-2-3-10/h4-5,7-8,10H,2-3,6H2,1H3,(H2,17,19,20,21). The highest BCUT2D eigenvalue weighted by Gasteiger charge is 2.25. The van der Waals surface area contributed by atoms with Crippen LogP contribution in [0.5, 0.6) is 0 Å². The molecule has 7 heteroatoms. The van der Waals surface area contributed by atoms with Crippen LogP contribution in [0.15, 0.2) is 27.4 Å². The van der Waals surface area contributed by atoms with Crippen molar-refractivity contribution in [3.63, 3.8) is 0 Å². The first-order valence-electron chi connectivity index (χ1n) is 7.52. The molecule has 3 aromatic heterocycles. The lowest BCUT2D eigenvalue weighted by molar-refractivity contribution is -0.115. The highest BCUT2D eigenvalue weighted by Crippen LogP contribution is 2.39. The minimum atomic E-state index is -0.157. The summed E-state index contributed by atoms with van der Waals surface area (Å²) in [6, 6.07) is 1.95. The number of thiophene rings is 1. The first-order valence-corrected chi connectivity index (χ1v) is 8.47. The average Bonchev–Trinajstić information content (AvgIpc) is 2.92. The third-order valence-corrected chi connectivity index (χ3v) is 4.54. The zero-order valence-corrected chi connectivity index (χ0v) is 13.4. The highest BCUT2D eigenvalue weighted by molar-refractivity contribution is 7.08. The van der Waals surface area contributed by atoms with E-state index in [0.717, 1.165) is 11.3 Å². The Balaban J connectivity index is 1.43. The Morgan fingerprint density at radius 2 is 2.39 bits per heavy atom. The molecule has 0 bridgehead atoms. The number of hydrogen-bond donors (Lipinski definition) is 2. The van der Waals surface area contributed by atoms with Crippen molar-refractivity contribution in [2.75, 3.05) is 5.32 Å². The summed E-state index contributed by atoms with van der Waals surface area (Å²) in [4.78, 5) is 23.9. The molecule has 1 fully saturated rings. The molecule has 0 aliphatic heterocycles. The van der Waals surface area contributed by atoms with E-state index in [1.165, 1.54) is 12.8 Å². The van der Waals surface area contributed by atoms with E-state index in [9.17, 15) is 4.79 Å². The maximum Gasteiger partial charge on any atom is 0.232 e.